The Morgan fingerprint density at radius 2 is 2.00 bits per heavy atom. The number of hydrogen-bond donors (Lipinski definition) is 2. The second-order valence-electron chi connectivity index (χ2n) is 3.27. The molecule has 0 aromatic heterocycles. The van der Waals surface area contributed by atoms with Gasteiger partial charge in [-0.05, 0) is 32.0 Å². The first kappa shape index (κ1) is 11.0. The van der Waals surface area contributed by atoms with E-state index in [0.717, 1.165) is 0 Å². The van der Waals surface area contributed by atoms with E-state index in [0.29, 0.717) is 0 Å². The molecule has 0 saturated carbocycles. The molecule has 78 valence electrons. The molecule has 0 amide bonds. The van der Waals surface area contributed by atoms with E-state index >= 15 is 0 Å². The average Bonchev–Trinajstić information content (AvgIpc) is 2.01. The van der Waals surface area contributed by atoms with Crippen molar-refractivity contribution >= 4 is 10.0 Å². The molecule has 0 spiro atoms. The van der Waals surface area contributed by atoms with Gasteiger partial charge in [0.15, 0.2) is 0 Å². The molecule has 0 atom stereocenters. The number of aromatic hydroxyl groups is 1. The quantitative estimate of drug-likeness (QED) is 0.792. The molecule has 2 N–H and O–H groups in total. The lowest BCUT2D eigenvalue weighted by molar-refractivity contribution is 0.473. The zero-order chi connectivity index (χ0) is 10.8. The Hall–Kier alpha value is -1.07. The zero-order valence-electron chi connectivity index (χ0n) is 8.06. The minimum atomic E-state index is -3.49. The molecular formula is C9H13NO3S. The number of sulfonamides is 1. The van der Waals surface area contributed by atoms with Gasteiger partial charge in [0.25, 0.3) is 0 Å². The molecule has 0 aliphatic heterocycles. The second-order valence-corrected chi connectivity index (χ2v) is 4.99. The summed E-state index contributed by atoms with van der Waals surface area (Å²) in [4.78, 5) is 0.0752. The summed E-state index contributed by atoms with van der Waals surface area (Å²) in [5.41, 5.74) is 0. The molecule has 0 fully saturated rings. The molecule has 0 heterocycles. The van der Waals surface area contributed by atoms with E-state index in [1.165, 1.54) is 24.3 Å². The molecule has 0 bridgehead atoms. The largest absolute Gasteiger partial charge is 0.508 e. The van der Waals surface area contributed by atoms with Crippen molar-refractivity contribution in [1.82, 2.24) is 4.72 Å². The number of hydrogen-bond acceptors (Lipinski definition) is 3. The van der Waals surface area contributed by atoms with Crippen molar-refractivity contribution in [3.63, 3.8) is 0 Å². The highest BCUT2D eigenvalue weighted by Gasteiger charge is 2.14. The minimum Gasteiger partial charge on any atom is -0.508 e. The van der Waals surface area contributed by atoms with E-state index in [4.69, 9.17) is 5.11 Å². The van der Waals surface area contributed by atoms with Crippen LogP contribution in [0.5, 0.6) is 5.75 Å². The number of rotatable bonds is 3. The predicted octanol–water partition coefficient (Wildman–Crippen LogP) is 1.08. The topological polar surface area (TPSA) is 66.4 Å². The summed E-state index contributed by atoms with van der Waals surface area (Å²) in [6, 6.07) is 5.40. The summed E-state index contributed by atoms with van der Waals surface area (Å²) in [5, 5.41) is 9.12. The smallest absolute Gasteiger partial charge is 0.240 e. The monoisotopic (exact) mass is 215 g/mol. The van der Waals surface area contributed by atoms with Gasteiger partial charge in [-0.25, -0.2) is 13.1 Å². The third kappa shape index (κ3) is 2.71. The van der Waals surface area contributed by atoms with Crippen LogP contribution >= 0.6 is 0 Å². The molecule has 0 unspecified atom stereocenters. The van der Waals surface area contributed by atoms with Gasteiger partial charge in [-0.3, -0.25) is 0 Å². The van der Waals surface area contributed by atoms with Crippen LogP contribution in [0.4, 0.5) is 0 Å². The summed E-state index contributed by atoms with van der Waals surface area (Å²) >= 11 is 0. The van der Waals surface area contributed by atoms with E-state index in [2.05, 4.69) is 4.72 Å². The average molecular weight is 215 g/mol. The van der Waals surface area contributed by atoms with Crippen molar-refractivity contribution in [3.8, 4) is 5.75 Å². The lowest BCUT2D eigenvalue weighted by Gasteiger charge is -2.09. The SMILES string of the molecule is CC(C)NS(=O)(=O)c1cccc(O)c1. The Labute approximate surface area is 83.6 Å². The summed E-state index contributed by atoms with van der Waals surface area (Å²) in [6.45, 7) is 3.47. The zero-order valence-corrected chi connectivity index (χ0v) is 8.88. The van der Waals surface area contributed by atoms with E-state index in [-0.39, 0.29) is 16.7 Å². The summed E-state index contributed by atoms with van der Waals surface area (Å²) in [7, 11) is -3.49. The Balaban J connectivity index is 3.05. The predicted molar refractivity (Wildman–Crippen MR) is 53.6 cm³/mol. The highest BCUT2D eigenvalue weighted by atomic mass is 32.2. The molecular weight excluding hydrogens is 202 g/mol. The van der Waals surface area contributed by atoms with Crippen molar-refractivity contribution in [2.24, 2.45) is 0 Å². The molecule has 1 rings (SSSR count). The highest BCUT2D eigenvalue weighted by molar-refractivity contribution is 7.89. The number of benzene rings is 1. The van der Waals surface area contributed by atoms with Crippen LogP contribution in [-0.2, 0) is 10.0 Å². The summed E-state index contributed by atoms with van der Waals surface area (Å²) in [5.74, 6) is -0.0587. The van der Waals surface area contributed by atoms with E-state index in [9.17, 15) is 8.42 Å². The van der Waals surface area contributed by atoms with Gasteiger partial charge in [0.1, 0.15) is 5.75 Å². The van der Waals surface area contributed by atoms with Crippen molar-refractivity contribution in [1.29, 1.82) is 0 Å². The molecule has 14 heavy (non-hydrogen) atoms. The number of nitrogens with one attached hydrogen (secondary N) is 1. The van der Waals surface area contributed by atoms with Crippen LogP contribution < -0.4 is 4.72 Å². The molecule has 0 aliphatic carbocycles. The maximum Gasteiger partial charge on any atom is 0.240 e. The normalized spacial score (nSPS) is 11.9. The molecule has 4 nitrogen and oxygen atoms in total. The van der Waals surface area contributed by atoms with Crippen molar-refractivity contribution < 1.29 is 13.5 Å². The van der Waals surface area contributed by atoms with Crippen LogP contribution in [-0.4, -0.2) is 19.6 Å². The maximum atomic E-state index is 11.6. The second kappa shape index (κ2) is 3.98. The Kier molecular flexibility index (Phi) is 3.13. The maximum absolute atomic E-state index is 11.6. The molecule has 0 saturated heterocycles. The Morgan fingerprint density at radius 1 is 1.36 bits per heavy atom. The fourth-order valence-corrected chi connectivity index (χ4v) is 2.32. The third-order valence-electron chi connectivity index (χ3n) is 1.52. The van der Waals surface area contributed by atoms with E-state index in [1.807, 2.05) is 0 Å². The molecule has 0 radical (unpaired) electrons. The van der Waals surface area contributed by atoms with Gasteiger partial charge < -0.3 is 5.11 Å². The van der Waals surface area contributed by atoms with Crippen molar-refractivity contribution in [2.45, 2.75) is 24.8 Å². The third-order valence-corrected chi connectivity index (χ3v) is 3.18. The number of phenols is 1. The number of phenolic OH excluding ortho intramolecular Hbond substituents is 1. The summed E-state index contributed by atoms with van der Waals surface area (Å²) in [6.07, 6.45) is 0. The summed E-state index contributed by atoms with van der Waals surface area (Å²) < 4.78 is 25.6. The minimum absolute atomic E-state index is 0.0587. The first-order valence-electron chi connectivity index (χ1n) is 4.23. The van der Waals surface area contributed by atoms with Crippen LogP contribution in [0.15, 0.2) is 29.2 Å². The van der Waals surface area contributed by atoms with E-state index in [1.54, 1.807) is 13.8 Å². The standard InChI is InChI=1S/C9H13NO3S/c1-7(2)10-14(12,13)9-5-3-4-8(11)6-9/h3-7,10-11H,1-2H3. The van der Waals surface area contributed by atoms with Crippen LogP contribution in [0.2, 0.25) is 0 Å². The van der Waals surface area contributed by atoms with Crippen molar-refractivity contribution in [3.05, 3.63) is 24.3 Å². The van der Waals surface area contributed by atoms with Crippen LogP contribution in [0.1, 0.15) is 13.8 Å². The lowest BCUT2D eigenvalue weighted by atomic mass is 10.3. The molecule has 5 heteroatoms. The van der Waals surface area contributed by atoms with Crippen LogP contribution in [0.3, 0.4) is 0 Å². The highest BCUT2D eigenvalue weighted by Crippen LogP contribution is 2.15. The molecule has 1 aromatic carbocycles. The molecule has 1 aromatic rings. The van der Waals surface area contributed by atoms with Crippen molar-refractivity contribution in [2.75, 3.05) is 0 Å². The van der Waals surface area contributed by atoms with Gasteiger partial charge in [-0.1, -0.05) is 6.07 Å². The van der Waals surface area contributed by atoms with E-state index < -0.39 is 10.0 Å². The van der Waals surface area contributed by atoms with Gasteiger partial charge in [-0.15, -0.1) is 0 Å². The fourth-order valence-electron chi connectivity index (χ4n) is 1.03. The first-order valence-corrected chi connectivity index (χ1v) is 5.71. The lowest BCUT2D eigenvalue weighted by Crippen LogP contribution is -2.30. The van der Waals surface area contributed by atoms with Gasteiger partial charge in [0.05, 0.1) is 4.90 Å². The van der Waals surface area contributed by atoms with Gasteiger partial charge in [0.2, 0.25) is 10.0 Å². The van der Waals surface area contributed by atoms with Gasteiger partial charge in [0, 0.05) is 6.04 Å². The Bertz CT molecular complexity index is 412. The fraction of sp³-hybridized carbons (Fsp3) is 0.333. The Morgan fingerprint density at radius 3 is 2.50 bits per heavy atom. The van der Waals surface area contributed by atoms with Crippen LogP contribution in [0.25, 0.3) is 0 Å². The van der Waals surface area contributed by atoms with Gasteiger partial charge in [-0.2, -0.15) is 0 Å². The first-order chi connectivity index (χ1) is 6.42. The van der Waals surface area contributed by atoms with Gasteiger partial charge >= 0.3 is 0 Å². The molecule has 0 aliphatic rings. The van der Waals surface area contributed by atoms with Crippen LogP contribution in [0, 0.1) is 0 Å².